The van der Waals surface area contributed by atoms with Gasteiger partial charge >= 0.3 is 11.7 Å². The molecule has 0 saturated heterocycles. The molecule has 0 spiro atoms. The Balaban J connectivity index is 3.12. The molecule has 0 atom stereocenters. The van der Waals surface area contributed by atoms with E-state index in [-0.39, 0.29) is 17.1 Å². The molecule has 7 nitrogen and oxygen atoms in total. The van der Waals surface area contributed by atoms with Crippen molar-refractivity contribution in [3.05, 3.63) is 28.1 Å². The average Bonchev–Trinajstić information content (AvgIpc) is 2.15. The van der Waals surface area contributed by atoms with Crippen molar-refractivity contribution in [2.45, 2.75) is 0 Å². The van der Waals surface area contributed by atoms with Gasteiger partial charge in [0.1, 0.15) is 11.9 Å². The molecule has 1 aromatic heterocycles. The number of carbonyl (C=O) groups is 1. The minimum Gasteiger partial charge on any atom is -0.464 e. The van der Waals surface area contributed by atoms with Crippen molar-refractivity contribution in [1.29, 1.82) is 0 Å². The molecule has 0 radical (unpaired) electrons. The van der Waals surface area contributed by atoms with Crippen LogP contribution in [0.15, 0.2) is 12.3 Å². The third-order valence-corrected chi connectivity index (χ3v) is 1.51. The number of nitro groups is 1. The van der Waals surface area contributed by atoms with Crippen molar-refractivity contribution in [3.8, 4) is 0 Å². The summed E-state index contributed by atoms with van der Waals surface area (Å²) in [5, 5.41) is 10.3. The Kier molecular flexibility index (Phi) is 2.61. The highest BCUT2D eigenvalue weighted by Crippen LogP contribution is 2.19. The maximum Gasteiger partial charge on any atom is 0.356 e. The van der Waals surface area contributed by atoms with Crippen LogP contribution < -0.4 is 5.73 Å². The van der Waals surface area contributed by atoms with Gasteiger partial charge in [0.2, 0.25) is 0 Å². The maximum atomic E-state index is 10.9. The van der Waals surface area contributed by atoms with Crippen LogP contribution in [-0.4, -0.2) is 23.0 Å². The Labute approximate surface area is 78.6 Å². The van der Waals surface area contributed by atoms with Crippen LogP contribution in [0.25, 0.3) is 0 Å². The van der Waals surface area contributed by atoms with Crippen LogP contribution in [0.2, 0.25) is 0 Å². The lowest BCUT2D eigenvalue weighted by atomic mass is 10.3. The van der Waals surface area contributed by atoms with E-state index in [1.807, 2.05) is 0 Å². The summed E-state index contributed by atoms with van der Waals surface area (Å²) < 4.78 is 4.36. The van der Waals surface area contributed by atoms with Gasteiger partial charge in [-0.15, -0.1) is 0 Å². The molecule has 1 rings (SSSR count). The Morgan fingerprint density at radius 1 is 1.71 bits per heavy atom. The Morgan fingerprint density at radius 2 is 2.36 bits per heavy atom. The second-order valence-electron chi connectivity index (χ2n) is 2.38. The Morgan fingerprint density at radius 3 is 2.79 bits per heavy atom. The van der Waals surface area contributed by atoms with Crippen LogP contribution in [0.1, 0.15) is 10.5 Å². The van der Waals surface area contributed by atoms with E-state index in [1.54, 1.807) is 0 Å². The molecule has 0 unspecified atom stereocenters. The number of nitrogen functional groups attached to an aromatic ring is 1. The second kappa shape index (κ2) is 3.69. The number of pyridine rings is 1. The van der Waals surface area contributed by atoms with Gasteiger partial charge in [-0.25, -0.2) is 9.78 Å². The molecule has 0 amide bonds. The molecule has 0 fully saturated rings. The van der Waals surface area contributed by atoms with Crippen molar-refractivity contribution < 1.29 is 14.5 Å². The molecule has 14 heavy (non-hydrogen) atoms. The maximum absolute atomic E-state index is 10.9. The fraction of sp³-hybridized carbons (Fsp3) is 0.143. The first-order chi connectivity index (χ1) is 6.56. The summed E-state index contributed by atoms with van der Waals surface area (Å²) in [5.41, 5.74) is 4.81. The highest BCUT2D eigenvalue weighted by molar-refractivity contribution is 5.88. The van der Waals surface area contributed by atoms with Gasteiger partial charge in [-0.2, -0.15) is 0 Å². The lowest BCUT2D eigenvalue weighted by Crippen LogP contribution is -2.06. The van der Waals surface area contributed by atoms with Crippen molar-refractivity contribution in [2.24, 2.45) is 0 Å². The van der Waals surface area contributed by atoms with Gasteiger partial charge in [0.15, 0.2) is 5.69 Å². The third-order valence-electron chi connectivity index (χ3n) is 1.51. The lowest BCUT2D eigenvalue weighted by molar-refractivity contribution is -0.384. The number of anilines is 1. The smallest absolute Gasteiger partial charge is 0.356 e. The molecular formula is C7H7N3O4. The van der Waals surface area contributed by atoms with E-state index >= 15 is 0 Å². The summed E-state index contributed by atoms with van der Waals surface area (Å²) >= 11 is 0. The molecule has 1 aromatic rings. The molecule has 0 aromatic carbocycles. The first kappa shape index (κ1) is 9.90. The van der Waals surface area contributed by atoms with Crippen LogP contribution in [0.5, 0.6) is 0 Å². The van der Waals surface area contributed by atoms with E-state index < -0.39 is 10.9 Å². The van der Waals surface area contributed by atoms with Crippen LogP contribution in [0.3, 0.4) is 0 Å². The largest absolute Gasteiger partial charge is 0.464 e. The van der Waals surface area contributed by atoms with Gasteiger partial charge in [-0.05, 0) is 0 Å². The molecule has 0 aliphatic heterocycles. The molecule has 0 aliphatic rings. The van der Waals surface area contributed by atoms with Gasteiger partial charge in [-0.3, -0.25) is 10.1 Å². The van der Waals surface area contributed by atoms with Gasteiger partial charge in [0, 0.05) is 6.07 Å². The number of nitrogens with zero attached hydrogens (tertiary/aromatic N) is 2. The normalized spacial score (nSPS) is 9.50. The molecule has 1 heterocycles. The van der Waals surface area contributed by atoms with E-state index in [2.05, 4.69) is 9.72 Å². The summed E-state index contributed by atoms with van der Waals surface area (Å²) in [7, 11) is 1.18. The Hall–Kier alpha value is -2.18. The van der Waals surface area contributed by atoms with Gasteiger partial charge in [0.05, 0.1) is 12.0 Å². The van der Waals surface area contributed by atoms with E-state index in [9.17, 15) is 14.9 Å². The van der Waals surface area contributed by atoms with Crippen molar-refractivity contribution in [3.63, 3.8) is 0 Å². The Bertz CT molecular complexity index is 391. The molecule has 2 N–H and O–H groups in total. The number of hydrogen-bond donors (Lipinski definition) is 1. The summed E-state index contributed by atoms with van der Waals surface area (Å²) in [6, 6.07) is 1.10. The number of carbonyl (C=O) groups excluding carboxylic acids is 1. The molecule has 74 valence electrons. The number of aromatic nitrogens is 1. The molecule has 0 aliphatic carbocycles. The highest BCUT2D eigenvalue weighted by Gasteiger charge is 2.15. The zero-order valence-electron chi connectivity index (χ0n) is 7.26. The van der Waals surface area contributed by atoms with Crippen molar-refractivity contribution in [1.82, 2.24) is 4.98 Å². The first-order valence-corrected chi connectivity index (χ1v) is 3.54. The summed E-state index contributed by atoms with van der Waals surface area (Å²) in [5.74, 6) is -0.688. The molecule has 0 saturated carbocycles. The minimum atomic E-state index is -0.688. The van der Waals surface area contributed by atoms with E-state index in [4.69, 9.17) is 5.73 Å². The average molecular weight is 197 g/mol. The molecule has 0 bridgehead atoms. The van der Waals surface area contributed by atoms with Crippen molar-refractivity contribution >= 4 is 17.3 Å². The SMILES string of the molecule is COC(=O)c1cc(N)c([N+](=O)[O-])cn1. The van der Waals surface area contributed by atoms with Crippen LogP contribution in [0, 0.1) is 10.1 Å². The predicted octanol–water partition coefficient (Wildman–Crippen LogP) is 0.359. The summed E-state index contributed by atoms with van der Waals surface area (Å²) in [6.45, 7) is 0. The van der Waals surface area contributed by atoms with E-state index in [0.29, 0.717) is 0 Å². The fourth-order valence-corrected chi connectivity index (χ4v) is 0.832. The monoisotopic (exact) mass is 197 g/mol. The first-order valence-electron chi connectivity index (χ1n) is 3.54. The van der Waals surface area contributed by atoms with Crippen LogP contribution >= 0.6 is 0 Å². The van der Waals surface area contributed by atoms with E-state index in [1.165, 1.54) is 7.11 Å². The zero-order valence-corrected chi connectivity index (χ0v) is 7.26. The second-order valence-corrected chi connectivity index (χ2v) is 2.38. The number of methoxy groups -OCH3 is 1. The van der Waals surface area contributed by atoms with Crippen LogP contribution in [0.4, 0.5) is 11.4 Å². The van der Waals surface area contributed by atoms with E-state index in [0.717, 1.165) is 12.3 Å². The quantitative estimate of drug-likeness (QED) is 0.416. The number of rotatable bonds is 2. The summed E-state index contributed by atoms with van der Waals surface area (Å²) in [4.78, 5) is 24.1. The topological polar surface area (TPSA) is 108 Å². The van der Waals surface area contributed by atoms with Crippen molar-refractivity contribution in [2.75, 3.05) is 12.8 Å². The number of nitrogens with two attached hydrogens (primary N) is 1. The predicted molar refractivity (Wildman–Crippen MR) is 46.6 cm³/mol. The van der Waals surface area contributed by atoms with Crippen LogP contribution in [-0.2, 0) is 4.74 Å². The molecular weight excluding hydrogens is 190 g/mol. The number of hydrogen-bond acceptors (Lipinski definition) is 6. The molecule has 7 heteroatoms. The summed E-state index contributed by atoms with van der Waals surface area (Å²) in [6.07, 6.45) is 0.918. The number of ether oxygens (including phenoxy) is 1. The van der Waals surface area contributed by atoms with Gasteiger partial charge in [-0.1, -0.05) is 0 Å². The fourth-order valence-electron chi connectivity index (χ4n) is 0.832. The zero-order chi connectivity index (χ0) is 10.7. The standard InChI is InChI=1S/C7H7N3O4/c1-14-7(11)5-2-4(8)6(3-9-5)10(12)13/h2-3H,1H3,(H2,8,9). The highest BCUT2D eigenvalue weighted by atomic mass is 16.6. The van der Waals surface area contributed by atoms with Gasteiger partial charge < -0.3 is 10.5 Å². The lowest BCUT2D eigenvalue weighted by Gasteiger charge is -1.99. The third kappa shape index (κ3) is 1.76. The van der Waals surface area contributed by atoms with Gasteiger partial charge in [0.25, 0.3) is 0 Å². The number of esters is 1. The minimum absolute atomic E-state index is 0.0596.